The van der Waals surface area contributed by atoms with Crippen LogP contribution in [-0.4, -0.2) is 27.5 Å². The molecule has 2 saturated heterocycles. The first-order valence-electron chi connectivity index (χ1n) is 19.4. The van der Waals surface area contributed by atoms with Crippen LogP contribution >= 0.6 is 15.8 Å². The maximum absolute atomic E-state index is 1.73. The molecule has 0 bridgehead atoms. The quantitative estimate of drug-likeness (QED) is 0.272. The van der Waals surface area contributed by atoms with Crippen molar-refractivity contribution in [3.8, 4) is 0 Å². The average Bonchev–Trinajstić information content (AvgIpc) is 3.71. The van der Waals surface area contributed by atoms with Crippen molar-refractivity contribution < 1.29 is 0 Å². The molecule has 228 valence electrons. The van der Waals surface area contributed by atoms with Crippen molar-refractivity contribution in [2.75, 3.05) is 12.3 Å². The number of hydrogen-bond acceptors (Lipinski definition) is 0. The van der Waals surface area contributed by atoms with E-state index < -0.39 is 0 Å². The molecule has 0 nitrogen and oxygen atoms in total. The normalized spacial score (nSPS) is 36.6. The van der Waals surface area contributed by atoms with Crippen molar-refractivity contribution >= 4 is 15.8 Å². The van der Waals surface area contributed by atoms with Gasteiger partial charge in [0.25, 0.3) is 0 Å². The predicted molar refractivity (Wildman–Crippen MR) is 180 cm³/mol. The summed E-state index contributed by atoms with van der Waals surface area (Å²) in [4.78, 5) is 0.847. The summed E-state index contributed by atoms with van der Waals surface area (Å²) in [6.07, 6.45) is 50.4. The molecule has 0 amide bonds. The minimum atomic E-state index is 0.176. The number of hydrogen-bond donors (Lipinski definition) is 0. The van der Waals surface area contributed by atoms with Gasteiger partial charge in [-0.3, -0.25) is 0 Å². The lowest BCUT2D eigenvalue weighted by Gasteiger charge is -2.64. The van der Waals surface area contributed by atoms with Gasteiger partial charge in [0.2, 0.25) is 0 Å². The van der Waals surface area contributed by atoms with Gasteiger partial charge in [0.15, 0.2) is 0 Å². The molecule has 2 heterocycles. The predicted octanol–water partition coefficient (Wildman–Crippen LogP) is 13.0. The molecule has 0 N–H and O–H groups in total. The minimum absolute atomic E-state index is 0.176. The van der Waals surface area contributed by atoms with E-state index >= 15 is 0 Å². The molecule has 2 aliphatic heterocycles. The monoisotopic (exact) mass is 584 g/mol. The first-order chi connectivity index (χ1) is 19.8. The Labute approximate surface area is 252 Å². The Balaban J connectivity index is 1.33. The molecule has 2 heteroatoms. The Kier molecular flexibility index (Phi) is 9.66. The van der Waals surface area contributed by atoms with Crippen molar-refractivity contribution in [3.05, 3.63) is 0 Å². The van der Waals surface area contributed by atoms with Crippen LogP contribution < -0.4 is 0 Å². The van der Waals surface area contributed by atoms with Crippen LogP contribution in [0, 0.1) is 23.7 Å². The van der Waals surface area contributed by atoms with Crippen molar-refractivity contribution in [3.63, 3.8) is 0 Å². The van der Waals surface area contributed by atoms with E-state index in [2.05, 4.69) is 0 Å². The summed E-state index contributed by atoms with van der Waals surface area (Å²) in [5.41, 5.74) is 0. The third-order valence-corrected chi connectivity index (χ3v) is 24.6. The molecule has 0 radical (unpaired) electrons. The zero-order valence-electron chi connectivity index (χ0n) is 26.6. The lowest BCUT2D eigenvalue weighted by atomic mass is 9.67. The summed E-state index contributed by atoms with van der Waals surface area (Å²) in [5, 5.41) is 1.65. The Morgan fingerprint density at radius 3 is 0.925 bits per heavy atom. The third kappa shape index (κ3) is 5.07. The molecular formula is C38H66P2. The second-order valence-corrected chi connectivity index (χ2v) is 22.7. The van der Waals surface area contributed by atoms with Crippen LogP contribution in [0.5, 0.6) is 0 Å². The molecule has 0 spiro atoms. The van der Waals surface area contributed by atoms with E-state index in [1.807, 2.05) is 0 Å². The third-order valence-electron chi connectivity index (χ3n) is 14.8. The van der Waals surface area contributed by atoms with Gasteiger partial charge >= 0.3 is 0 Å². The van der Waals surface area contributed by atoms with Crippen LogP contribution in [0.2, 0.25) is 0 Å². The van der Waals surface area contributed by atoms with Crippen molar-refractivity contribution in [1.82, 2.24) is 0 Å². The Bertz CT molecular complexity index is 692. The van der Waals surface area contributed by atoms with E-state index in [-0.39, 0.29) is 15.8 Å². The van der Waals surface area contributed by atoms with Crippen molar-refractivity contribution in [2.24, 2.45) is 23.7 Å². The van der Waals surface area contributed by atoms with Gasteiger partial charge in [0.1, 0.15) is 0 Å². The Morgan fingerprint density at radius 1 is 0.300 bits per heavy atom. The topological polar surface area (TPSA) is 0 Å². The van der Waals surface area contributed by atoms with Crippen LogP contribution in [-0.2, 0) is 0 Å². The molecular weight excluding hydrogens is 518 g/mol. The van der Waals surface area contributed by atoms with Gasteiger partial charge in [-0.15, -0.1) is 0 Å². The SMILES string of the molecule is C1CCC(C2(C3CCCCC3)CCCP2C2(P3CCCC3(C3CCCCC3)C3CCCCC3)CCCCC2)CC1. The lowest BCUT2D eigenvalue weighted by molar-refractivity contribution is 0.162. The van der Waals surface area contributed by atoms with E-state index in [0.717, 1.165) is 38.9 Å². The fourth-order valence-electron chi connectivity index (χ4n) is 13.5. The summed E-state index contributed by atoms with van der Waals surface area (Å²) >= 11 is 0. The van der Waals surface area contributed by atoms with Gasteiger partial charge in [-0.1, -0.05) is 112 Å². The second-order valence-electron chi connectivity index (χ2n) is 16.4. The highest BCUT2D eigenvalue weighted by Crippen LogP contribution is 2.88. The van der Waals surface area contributed by atoms with E-state index in [0.29, 0.717) is 0 Å². The van der Waals surface area contributed by atoms with Gasteiger partial charge in [-0.2, -0.15) is 0 Å². The van der Waals surface area contributed by atoms with E-state index in [1.54, 1.807) is 199 Å². The second kappa shape index (κ2) is 13.1. The summed E-state index contributed by atoms with van der Waals surface area (Å²) in [6, 6.07) is 0. The van der Waals surface area contributed by atoms with Gasteiger partial charge < -0.3 is 0 Å². The van der Waals surface area contributed by atoms with Gasteiger partial charge in [0, 0.05) is 4.90 Å². The minimum Gasteiger partial charge on any atom is -0.0889 e. The Morgan fingerprint density at radius 2 is 0.600 bits per heavy atom. The lowest BCUT2D eigenvalue weighted by Crippen LogP contribution is -2.52. The summed E-state index contributed by atoms with van der Waals surface area (Å²) in [6.45, 7) is 0. The highest BCUT2D eigenvalue weighted by Gasteiger charge is 2.66. The molecule has 0 aromatic rings. The van der Waals surface area contributed by atoms with Gasteiger partial charge in [-0.25, -0.2) is 0 Å². The fourth-order valence-corrected chi connectivity index (χ4v) is 25.9. The van der Waals surface area contributed by atoms with E-state index in [9.17, 15) is 0 Å². The van der Waals surface area contributed by atoms with Gasteiger partial charge in [0.05, 0.1) is 0 Å². The summed E-state index contributed by atoms with van der Waals surface area (Å²) in [7, 11) is 0.353. The molecule has 7 rings (SSSR count). The largest absolute Gasteiger partial charge is 0.0889 e. The van der Waals surface area contributed by atoms with Crippen LogP contribution in [0.1, 0.15) is 186 Å². The average molecular weight is 585 g/mol. The zero-order valence-corrected chi connectivity index (χ0v) is 28.4. The molecule has 2 atom stereocenters. The first kappa shape index (κ1) is 29.6. The first-order valence-corrected chi connectivity index (χ1v) is 22.4. The van der Waals surface area contributed by atoms with Crippen molar-refractivity contribution in [1.29, 1.82) is 0 Å². The van der Waals surface area contributed by atoms with Crippen LogP contribution in [0.15, 0.2) is 0 Å². The highest BCUT2D eigenvalue weighted by molar-refractivity contribution is 7.79. The van der Waals surface area contributed by atoms with E-state index in [4.69, 9.17) is 0 Å². The smallest absolute Gasteiger partial charge is 0.0116 e. The van der Waals surface area contributed by atoms with Crippen LogP contribution in [0.4, 0.5) is 0 Å². The standard InChI is InChI=1S/C38H66P2/c1-6-18-32(19-7-1)37(33-20-8-2-9-21-33)28-16-30-39(37)36(26-14-5-15-27-36)40-31-17-29-38(40,34-22-10-3-11-23-34)35-24-12-4-13-25-35/h32-35H,1-31H2. The fraction of sp³-hybridized carbons (Fsp3) is 1.00. The molecule has 40 heavy (non-hydrogen) atoms. The summed E-state index contributed by atoms with van der Waals surface area (Å²) in [5.74, 6) is 4.53. The molecule has 5 saturated carbocycles. The number of rotatable bonds is 6. The molecule has 7 fully saturated rings. The van der Waals surface area contributed by atoms with Gasteiger partial charge in [-0.05, 0) is 136 Å². The molecule has 5 aliphatic carbocycles. The van der Waals surface area contributed by atoms with Crippen LogP contribution in [0.25, 0.3) is 0 Å². The van der Waals surface area contributed by atoms with Crippen molar-refractivity contribution in [2.45, 2.75) is 201 Å². The molecule has 2 unspecified atom stereocenters. The Hall–Kier alpha value is 0.860. The maximum atomic E-state index is 1.73. The molecule has 0 aromatic carbocycles. The molecule has 7 aliphatic rings. The molecule has 0 aromatic heterocycles. The van der Waals surface area contributed by atoms with Crippen LogP contribution in [0.3, 0.4) is 0 Å². The highest BCUT2D eigenvalue weighted by atomic mass is 31.2. The maximum Gasteiger partial charge on any atom is 0.0116 e. The van der Waals surface area contributed by atoms with E-state index in [1.165, 1.54) is 0 Å². The zero-order chi connectivity index (χ0) is 26.9. The summed E-state index contributed by atoms with van der Waals surface area (Å²) < 4.78 is 0.